The minimum atomic E-state index is -0.347. The Morgan fingerprint density at radius 2 is 1.81 bits per heavy atom. The minimum Gasteiger partial charge on any atom is -0.451 e. The number of fused-ring (bicyclic) bond motifs is 2. The third kappa shape index (κ3) is 3.97. The summed E-state index contributed by atoms with van der Waals surface area (Å²) >= 11 is 0. The molecule has 1 fully saturated rings. The Bertz CT molecular complexity index is 1270. The SMILES string of the molecule is O=C(Nc1cccc2c(=O)n(CCN3CCOCC3)ccc12)c1cc2ccccc2o1. The predicted octanol–water partition coefficient (Wildman–Crippen LogP) is 3.33. The number of amides is 1. The molecule has 7 heteroatoms. The number of carbonyl (C=O) groups excluding carboxylic acids is 1. The fraction of sp³-hybridized carbons (Fsp3) is 0.250. The van der Waals surface area contributed by atoms with Crippen LogP contribution in [-0.2, 0) is 11.3 Å². The zero-order valence-corrected chi connectivity index (χ0v) is 17.0. The van der Waals surface area contributed by atoms with Crippen LogP contribution in [0.3, 0.4) is 0 Å². The van der Waals surface area contributed by atoms with Gasteiger partial charge in [0.15, 0.2) is 5.76 Å². The summed E-state index contributed by atoms with van der Waals surface area (Å²) in [6.07, 6.45) is 1.79. The molecule has 3 heterocycles. The monoisotopic (exact) mass is 417 g/mol. The molecule has 1 saturated heterocycles. The molecule has 1 aliphatic rings. The van der Waals surface area contributed by atoms with Crippen LogP contribution < -0.4 is 10.9 Å². The van der Waals surface area contributed by atoms with Crippen LogP contribution in [0, 0.1) is 0 Å². The molecular weight excluding hydrogens is 394 g/mol. The summed E-state index contributed by atoms with van der Waals surface area (Å²) < 4.78 is 12.8. The van der Waals surface area contributed by atoms with Gasteiger partial charge in [-0.3, -0.25) is 14.5 Å². The van der Waals surface area contributed by atoms with Crippen molar-refractivity contribution in [2.75, 3.05) is 38.2 Å². The first kappa shape index (κ1) is 19.5. The van der Waals surface area contributed by atoms with Crippen LogP contribution in [0.15, 0.2) is 70.0 Å². The van der Waals surface area contributed by atoms with E-state index in [0.29, 0.717) is 28.6 Å². The van der Waals surface area contributed by atoms with Gasteiger partial charge in [0.2, 0.25) is 0 Å². The first-order chi connectivity index (χ1) is 15.2. The molecule has 0 spiro atoms. The second-order valence-electron chi connectivity index (χ2n) is 7.64. The van der Waals surface area contributed by atoms with Crippen molar-refractivity contribution < 1.29 is 13.9 Å². The van der Waals surface area contributed by atoms with E-state index < -0.39 is 0 Å². The average Bonchev–Trinajstić information content (AvgIpc) is 3.24. The van der Waals surface area contributed by atoms with Crippen molar-refractivity contribution in [2.24, 2.45) is 0 Å². The van der Waals surface area contributed by atoms with Crippen LogP contribution in [0.4, 0.5) is 5.69 Å². The van der Waals surface area contributed by atoms with Crippen LogP contribution in [-0.4, -0.2) is 48.2 Å². The van der Waals surface area contributed by atoms with Crippen molar-refractivity contribution in [1.29, 1.82) is 0 Å². The Kier molecular flexibility index (Phi) is 5.28. The van der Waals surface area contributed by atoms with E-state index in [1.54, 1.807) is 35.0 Å². The fourth-order valence-corrected chi connectivity index (χ4v) is 3.95. The highest BCUT2D eigenvalue weighted by atomic mass is 16.5. The molecule has 2 aromatic heterocycles. The van der Waals surface area contributed by atoms with Crippen LogP contribution in [0.1, 0.15) is 10.6 Å². The van der Waals surface area contributed by atoms with E-state index in [-0.39, 0.29) is 17.2 Å². The molecule has 0 atom stereocenters. The molecule has 158 valence electrons. The van der Waals surface area contributed by atoms with Gasteiger partial charge in [-0.1, -0.05) is 24.3 Å². The second-order valence-corrected chi connectivity index (χ2v) is 7.64. The van der Waals surface area contributed by atoms with Gasteiger partial charge in [0.05, 0.1) is 13.2 Å². The number of rotatable bonds is 5. The molecule has 2 aromatic carbocycles. The number of morpholine rings is 1. The van der Waals surface area contributed by atoms with E-state index in [4.69, 9.17) is 9.15 Å². The van der Waals surface area contributed by atoms with E-state index in [0.717, 1.165) is 38.2 Å². The standard InChI is InChI=1S/C24H23N3O4/c28-23(22-16-17-4-1-2-7-21(17)31-22)25-20-6-3-5-19-18(20)8-9-27(24(19)29)11-10-26-12-14-30-15-13-26/h1-9,16H,10-15H2,(H,25,28). The summed E-state index contributed by atoms with van der Waals surface area (Å²) in [6.45, 7) is 4.67. The summed E-state index contributed by atoms with van der Waals surface area (Å²) in [4.78, 5) is 28.1. The molecule has 0 saturated carbocycles. The molecular formula is C24H23N3O4. The summed E-state index contributed by atoms with van der Waals surface area (Å²) in [5, 5.41) is 5.04. The lowest BCUT2D eigenvalue weighted by Gasteiger charge is -2.26. The van der Waals surface area contributed by atoms with Crippen molar-refractivity contribution in [2.45, 2.75) is 6.54 Å². The second kappa shape index (κ2) is 8.37. The number of para-hydroxylation sites is 1. The third-order valence-corrected chi connectivity index (χ3v) is 5.68. The summed E-state index contributed by atoms with van der Waals surface area (Å²) in [7, 11) is 0. The number of ether oxygens (including phenoxy) is 1. The average molecular weight is 417 g/mol. The van der Waals surface area contributed by atoms with E-state index in [9.17, 15) is 9.59 Å². The number of nitrogens with zero attached hydrogens (tertiary/aromatic N) is 2. The first-order valence-electron chi connectivity index (χ1n) is 10.4. The number of nitrogens with one attached hydrogen (secondary N) is 1. The molecule has 1 amide bonds. The normalized spacial score (nSPS) is 14.8. The van der Waals surface area contributed by atoms with Gasteiger partial charge in [-0.2, -0.15) is 0 Å². The Balaban J connectivity index is 1.38. The predicted molar refractivity (Wildman–Crippen MR) is 120 cm³/mol. The Morgan fingerprint density at radius 1 is 0.968 bits per heavy atom. The van der Waals surface area contributed by atoms with Gasteiger partial charge < -0.3 is 19.0 Å². The molecule has 0 unspecified atom stereocenters. The van der Waals surface area contributed by atoms with Gasteiger partial charge in [-0.25, -0.2) is 0 Å². The van der Waals surface area contributed by atoms with Gasteiger partial charge in [0.1, 0.15) is 5.58 Å². The van der Waals surface area contributed by atoms with Crippen molar-refractivity contribution in [3.63, 3.8) is 0 Å². The first-order valence-corrected chi connectivity index (χ1v) is 10.4. The van der Waals surface area contributed by atoms with Gasteiger partial charge in [0, 0.05) is 54.2 Å². The molecule has 31 heavy (non-hydrogen) atoms. The summed E-state index contributed by atoms with van der Waals surface area (Å²) in [6, 6.07) is 16.4. The lowest BCUT2D eigenvalue weighted by molar-refractivity contribution is 0.0363. The number of hydrogen-bond acceptors (Lipinski definition) is 5. The molecule has 1 N–H and O–H groups in total. The van der Waals surface area contributed by atoms with E-state index >= 15 is 0 Å². The smallest absolute Gasteiger partial charge is 0.291 e. The zero-order chi connectivity index (χ0) is 21.2. The van der Waals surface area contributed by atoms with Crippen molar-refractivity contribution in [3.8, 4) is 0 Å². The van der Waals surface area contributed by atoms with Crippen molar-refractivity contribution in [1.82, 2.24) is 9.47 Å². The van der Waals surface area contributed by atoms with Gasteiger partial charge >= 0.3 is 0 Å². The number of furan rings is 1. The zero-order valence-electron chi connectivity index (χ0n) is 17.0. The van der Waals surface area contributed by atoms with Crippen molar-refractivity contribution >= 4 is 33.3 Å². The molecule has 0 bridgehead atoms. The highest BCUT2D eigenvalue weighted by molar-refractivity contribution is 6.09. The molecule has 5 rings (SSSR count). The molecule has 1 aliphatic heterocycles. The Hall–Kier alpha value is -3.42. The number of pyridine rings is 1. The van der Waals surface area contributed by atoms with Crippen molar-refractivity contribution in [3.05, 3.63) is 76.9 Å². The highest BCUT2D eigenvalue weighted by Gasteiger charge is 2.15. The van der Waals surface area contributed by atoms with E-state index in [1.807, 2.05) is 30.3 Å². The molecule has 7 nitrogen and oxygen atoms in total. The van der Waals surface area contributed by atoms with Gasteiger partial charge in [-0.05, 0) is 30.3 Å². The topological polar surface area (TPSA) is 76.7 Å². The molecule has 0 radical (unpaired) electrons. The maximum absolute atomic E-state index is 13.0. The van der Waals surface area contributed by atoms with Gasteiger partial charge in [0.25, 0.3) is 11.5 Å². The summed E-state index contributed by atoms with van der Waals surface area (Å²) in [5.74, 6) is -0.114. The maximum atomic E-state index is 13.0. The third-order valence-electron chi connectivity index (χ3n) is 5.68. The van der Waals surface area contributed by atoms with Crippen LogP contribution in [0.25, 0.3) is 21.7 Å². The maximum Gasteiger partial charge on any atom is 0.291 e. The lowest BCUT2D eigenvalue weighted by Crippen LogP contribution is -2.39. The van der Waals surface area contributed by atoms with Crippen LogP contribution in [0.5, 0.6) is 0 Å². The number of carbonyl (C=O) groups is 1. The number of anilines is 1. The lowest BCUT2D eigenvalue weighted by atomic mass is 10.1. The van der Waals surface area contributed by atoms with Crippen LogP contribution in [0.2, 0.25) is 0 Å². The number of hydrogen-bond donors (Lipinski definition) is 1. The highest BCUT2D eigenvalue weighted by Crippen LogP contribution is 2.23. The summed E-state index contributed by atoms with van der Waals surface area (Å²) in [5.41, 5.74) is 1.18. The number of benzene rings is 2. The van der Waals surface area contributed by atoms with E-state index in [1.165, 1.54) is 0 Å². The van der Waals surface area contributed by atoms with Crippen LogP contribution >= 0.6 is 0 Å². The molecule has 0 aliphatic carbocycles. The van der Waals surface area contributed by atoms with Gasteiger partial charge in [-0.15, -0.1) is 0 Å². The Labute approximate surface area is 178 Å². The fourth-order valence-electron chi connectivity index (χ4n) is 3.95. The minimum absolute atomic E-state index is 0.0643. The van der Waals surface area contributed by atoms with E-state index in [2.05, 4.69) is 10.2 Å². The molecule has 4 aromatic rings. The number of aromatic nitrogens is 1. The largest absolute Gasteiger partial charge is 0.451 e. The Morgan fingerprint density at radius 3 is 2.65 bits per heavy atom. The quantitative estimate of drug-likeness (QED) is 0.539.